The predicted molar refractivity (Wildman–Crippen MR) is 75.8 cm³/mol. The minimum absolute atomic E-state index is 0.470. The Morgan fingerprint density at radius 2 is 2.11 bits per heavy atom. The third-order valence-electron chi connectivity index (χ3n) is 4.92. The molecule has 2 fully saturated rings. The van der Waals surface area contributed by atoms with Crippen LogP contribution in [0.15, 0.2) is 6.33 Å². The van der Waals surface area contributed by atoms with Crippen molar-refractivity contribution in [3.8, 4) is 0 Å². The SMILES string of the molecule is CC(C)Cn1ncnc1CC1(C2CCCC2)CNC1. The number of hydrogen-bond acceptors (Lipinski definition) is 3. The van der Waals surface area contributed by atoms with Crippen molar-refractivity contribution in [1.29, 1.82) is 0 Å². The van der Waals surface area contributed by atoms with Gasteiger partial charge in [-0.25, -0.2) is 9.67 Å². The Morgan fingerprint density at radius 3 is 2.68 bits per heavy atom. The van der Waals surface area contributed by atoms with Crippen molar-refractivity contribution in [1.82, 2.24) is 20.1 Å². The highest BCUT2D eigenvalue weighted by atomic mass is 15.3. The Morgan fingerprint density at radius 1 is 1.37 bits per heavy atom. The van der Waals surface area contributed by atoms with Crippen molar-refractivity contribution in [2.45, 2.75) is 52.5 Å². The Bertz CT molecular complexity index is 414. The third kappa shape index (κ3) is 2.55. The lowest BCUT2D eigenvalue weighted by molar-refractivity contribution is 0.0769. The van der Waals surface area contributed by atoms with Gasteiger partial charge >= 0.3 is 0 Å². The molecule has 0 atom stereocenters. The van der Waals surface area contributed by atoms with E-state index in [1.807, 2.05) is 0 Å². The molecule has 0 aromatic carbocycles. The van der Waals surface area contributed by atoms with Crippen LogP contribution in [0.4, 0.5) is 0 Å². The zero-order chi connectivity index (χ0) is 13.3. The first-order valence-electron chi connectivity index (χ1n) is 7.77. The maximum Gasteiger partial charge on any atom is 0.138 e. The van der Waals surface area contributed by atoms with E-state index < -0.39 is 0 Å². The lowest BCUT2D eigenvalue weighted by Gasteiger charge is -2.47. The van der Waals surface area contributed by atoms with E-state index in [1.165, 1.54) is 44.6 Å². The molecule has 1 aliphatic carbocycles. The van der Waals surface area contributed by atoms with Crippen LogP contribution < -0.4 is 5.32 Å². The summed E-state index contributed by atoms with van der Waals surface area (Å²) in [5, 5.41) is 7.90. The van der Waals surface area contributed by atoms with Crippen molar-refractivity contribution in [2.75, 3.05) is 13.1 Å². The highest BCUT2D eigenvalue weighted by molar-refractivity contribution is 5.05. The Balaban J connectivity index is 1.74. The molecule has 1 aliphatic heterocycles. The molecule has 19 heavy (non-hydrogen) atoms. The van der Waals surface area contributed by atoms with Crippen molar-refractivity contribution in [2.24, 2.45) is 17.3 Å². The average Bonchev–Trinajstić information content (AvgIpc) is 2.94. The quantitative estimate of drug-likeness (QED) is 0.885. The van der Waals surface area contributed by atoms with E-state index in [1.54, 1.807) is 6.33 Å². The summed E-state index contributed by atoms with van der Waals surface area (Å²) in [6.45, 7) is 7.81. The highest BCUT2D eigenvalue weighted by Crippen LogP contribution is 2.44. The van der Waals surface area contributed by atoms with Gasteiger partial charge in [0.15, 0.2) is 0 Å². The van der Waals surface area contributed by atoms with Crippen molar-refractivity contribution in [3.63, 3.8) is 0 Å². The van der Waals surface area contributed by atoms with Gasteiger partial charge in [0.1, 0.15) is 12.2 Å². The molecule has 1 saturated heterocycles. The summed E-state index contributed by atoms with van der Waals surface area (Å²) >= 11 is 0. The van der Waals surface area contributed by atoms with Gasteiger partial charge in [-0.05, 0) is 24.7 Å². The van der Waals surface area contributed by atoms with Gasteiger partial charge in [0.25, 0.3) is 0 Å². The Hall–Kier alpha value is -0.900. The smallest absolute Gasteiger partial charge is 0.138 e. The van der Waals surface area contributed by atoms with Gasteiger partial charge < -0.3 is 5.32 Å². The highest BCUT2D eigenvalue weighted by Gasteiger charge is 2.45. The minimum atomic E-state index is 0.470. The molecule has 0 radical (unpaired) electrons. The first-order chi connectivity index (χ1) is 9.20. The molecule has 0 unspecified atom stereocenters. The molecule has 2 heterocycles. The molecule has 3 rings (SSSR count). The first kappa shape index (κ1) is 13.1. The van der Waals surface area contributed by atoms with Gasteiger partial charge in [0.05, 0.1) is 0 Å². The van der Waals surface area contributed by atoms with E-state index in [-0.39, 0.29) is 0 Å². The predicted octanol–water partition coefficient (Wildman–Crippen LogP) is 2.26. The summed E-state index contributed by atoms with van der Waals surface area (Å²) in [5.41, 5.74) is 0.470. The number of hydrogen-bond donors (Lipinski definition) is 1. The lowest BCUT2D eigenvalue weighted by atomic mass is 9.67. The van der Waals surface area contributed by atoms with E-state index in [0.29, 0.717) is 11.3 Å². The molecule has 106 valence electrons. The molecule has 1 aromatic rings. The average molecular weight is 262 g/mol. The fourth-order valence-electron chi connectivity index (χ4n) is 3.78. The second-order valence-electron chi connectivity index (χ2n) is 6.88. The van der Waals surface area contributed by atoms with Crippen molar-refractivity contribution in [3.05, 3.63) is 12.2 Å². The van der Waals surface area contributed by atoms with Crippen LogP contribution in [-0.4, -0.2) is 27.9 Å². The van der Waals surface area contributed by atoms with E-state index in [9.17, 15) is 0 Å². The second kappa shape index (κ2) is 5.23. The summed E-state index contributed by atoms with van der Waals surface area (Å²) in [4.78, 5) is 4.53. The largest absolute Gasteiger partial charge is 0.315 e. The van der Waals surface area contributed by atoms with Crippen LogP contribution in [0.5, 0.6) is 0 Å². The maximum absolute atomic E-state index is 4.53. The summed E-state index contributed by atoms with van der Waals surface area (Å²) in [7, 11) is 0. The van der Waals surface area contributed by atoms with E-state index in [2.05, 4.69) is 33.9 Å². The van der Waals surface area contributed by atoms with Crippen LogP contribution in [0.1, 0.15) is 45.4 Å². The molecular formula is C15H26N4. The second-order valence-corrected chi connectivity index (χ2v) is 6.88. The molecule has 1 aromatic heterocycles. The minimum Gasteiger partial charge on any atom is -0.315 e. The standard InChI is InChI=1S/C15H26N4/c1-12(2)8-19-14(17-11-18-19)7-15(9-16-10-15)13-5-3-4-6-13/h11-13,16H,3-10H2,1-2H3. The topological polar surface area (TPSA) is 42.7 Å². The van der Waals surface area contributed by atoms with Crippen LogP contribution in [0.25, 0.3) is 0 Å². The van der Waals surface area contributed by atoms with Crippen LogP contribution in [0.3, 0.4) is 0 Å². The zero-order valence-electron chi connectivity index (χ0n) is 12.2. The van der Waals surface area contributed by atoms with Crippen LogP contribution in [0, 0.1) is 17.3 Å². The van der Waals surface area contributed by atoms with E-state index in [4.69, 9.17) is 0 Å². The fraction of sp³-hybridized carbons (Fsp3) is 0.867. The zero-order valence-corrected chi connectivity index (χ0v) is 12.2. The molecular weight excluding hydrogens is 236 g/mol. The van der Waals surface area contributed by atoms with Gasteiger partial charge in [-0.3, -0.25) is 0 Å². The van der Waals surface area contributed by atoms with Gasteiger partial charge in [0, 0.05) is 31.5 Å². The maximum atomic E-state index is 4.53. The summed E-state index contributed by atoms with van der Waals surface area (Å²) < 4.78 is 2.12. The summed E-state index contributed by atoms with van der Waals surface area (Å²) in [6.07, 6.45) is 8.51. The van der Waals surface area contributed by atoms with Crippen LogP contribution >= 0.6 is 0 Å². The van der Waals surface area contributed by atoms with Gasteiger partial charge in [-0.1, -0.05) is 26.7 Å². The number of nitrogens with zero attached hydrogens (tertiary/aromatic N) is 3. The summed E-state index contributed by atoms with van der Waals surface area (Å²) in [5.74, 6) is 2.72. The van der Waals surface area contributed by atoms with E-state index >= 15 is 0 Å². The number of nitrogens with one attached hydrogen (secondary N) is 1. The molecule has 1 saturated carbocycles. The Labute approximate surface area is 116 Å². The monoisotopic (exact) mass is 262 g/mol. The first-order valence-corrected chi connectivity index (χ1v) is 7.77. The number of aromatic nitrogens is 3. The van der Waals surface area contributed by atoms with Crippen LogP contribution in [-0.2, 0) is 13.0 Å². The van der Waals surface area contributed by atoms with Crippen molar-refractivity contribution >= 4 is 0 Å². The molecule has 0 spiro atoms. The lowest BCUT2D eigenvalue weighted by Crippen LogP contribution is -2.58. The van der Waals surface area contributed by atoms with Gasteiger partial charge in [-0.15, -0.1) is 0 Å². The Kier molecular flexibility index (Phi) is 3.61. The van der Waals surface area contributed by atoms with Gasteiger partial charge in [0.2, 0.25) is 0 Å². The normalized spacial score (nSPS) is 22.9. The van der Waals surface area contributed by atoms with Gasteiger partial charge in [-0.2, -0.15) is 5.10 Å². The molecule has 0 amide bonds. The molecule has 1 N–H and O–H groups in total. The molecule has 2 aliphatic rings. The summed E-state index contributed by atoms with van der Waals surface area (Å²) in [6, 6.07) is 0. The van der Waals surface area contributed by atoms with E-state index in [0.717, 1.165) is 18.9 Å². The fourth-order valence-corrected chi connectivity index (χ4v) is 3.78. The molecule has 4 nitrogen and oxygen atoms in total. The molecule has 0 bridgehead atoms. The third-order valence-corrected chi connectivity index (χ3v) is 4.92. The van der Waals surface area contributed by atoms with Crippen molar-refractivity contribution < 1.29 is 0 Å². The molecule has 4 heteroatoms. The number of rotatable bonds is 5. The van der Waals surface area contributed by atoms with Crippen LogP contribution in [0.2, 0.25) is 0 Å².